The van der Waals surface area contributed by atoms with Crippen molar-refractivity contribution in [3.8, 4) is 5.75 Å². The molecule has 1 aliphatic heterocycles. The number of ether oxygens (including phenoxy) is 1. The van der Waals surface area contributed by atoms with Gasteiger partial charge >= 0.3 is 5.97 Å². The van der Waals surface area contributed by atoms with Gasteiger partial charge in [0.2, 0.25) is 0 Å². The molecule has 238 valence electrons. The van der Waals surface area contributed by atoms with Gasteiger partial charge in [0.25, 0.3) is 0 Å². The van der Waals surface area contributed by atoms with Crippen LogP contribution in [-0.2, 0) is 22.6 Å². The fourth-order valence-corrected chi connectivity index (χ4v) is 7.48. The average molecular weight is 638 g/mol. The Labute approximate surface area is 275 Å². The number of hydrogen-bond acceptors (Lipinski definition) is 5. The third-order valence-corrected chi connectivity index (χ3v) is 9.60. The van der Waals surface area contributed by atoms with E-state index < -0.39 is 11.9 Å². The van der Waals surface area contributed by atoms with Gasteiger partial charge in [0.05, 0.1) is 5.56 Å². The molecule has 0 bridgehead atoms. The molecule has 0 fully saturated rings. The summed E-state index contributed by atoms with van der Waals surface area (Å²) >= 11 is 6.64. The van der Waals surface area contributed by atoms with E-state index in [4.69, 9.17) is 16.3 Å². The Bertz CT molecular complexity index is 1710. The number of halogens is 1. The second-order valence-electron chi connectivity index (χ2n) is 14.4. The third kappa shape index (κ3) is 6.41. The van der Waals surface area contributed by atoms with Crippen molar-refractivity contribution in [2.45, 2.75) is 72.3 Å². The number of carbonyl (C=O) groups excluding carboxylic acids is 2. The number of hydrogen-bond donors (Lipinski definition) is 1. The summed E-state index contributed by atoms with van der Waals surface area (Å²) in [5, 5.41) is 9.78. The van der Waals surface area contributed by atoms with Gasteiger partial charge in [-0.1, -0.05) is 81.8 Å². The van der Waals surface area contributed by atoms with Crippen molar-refractivity contribution in [2.24, 2.45) is 10.8 Å². The Kier molecular flexibility index (Phi) is 8.45. The van der Waals surface area contributed by atoms with Crippen LogP contribution in [0.2, 0.25) is 5.02 Å². The maximum atomic E-state index is 14.3. The van der Waals surface area contributed by atoms with Crippen LogP contribution in [0.3, 0.4) is 0 Å². The van der Waals surface area contributed by atoms with E-state index >= 15 is 0 Å². The first kappa shape index (κ1) is 31.8. The zero-order valence-corrected chi connectivity index (χ0v) is 27.6. The molecule has 0 atom stereocenters. The molecule has 0 amide bonds. The van der Waals surface area contributed by atoms with Crippen LogP contribution in [0, 0.1) is 10.8 Å². The summed E-state index contributed by atoms with van der Waals surface area (Å²) in [5.74, 6) is -0.922. The fraction of sp³-hybridized carbons (Fsp3) is 0.359. The van der Waals surface area contributed by atoms with Crippen molar-refractivity contribution in [1.82, 2.24) is 4.90 Å². The molecule has 3 aromatic rings. The fourth-order valence-electron chi connectivity index (χ4n) is 7.30. The molecule has 2 aliphatic carbocycles. The summed E-state index contributed by atoms with van der Waals surface area (Å²) < 4.78 is 6.39. The summed E-state index contributed by atoms with van der Waals surface area (Å²) in [7, 11) is 0. The first-order valence-electron chi connectivity index (χ1n) is 15.9. The van der Waals surface area contributed by atoms with E-state index in [1.54, 1.807) is 36.4 Å². The summed E-state index contributed by atoms with van der Waals surface area (Å²) in [4.78, 5) is 42.2. The van der Waals surface area contributed by atoms with Crippen LogP contribution in [0.15, 0.2) is 95.3 Å². The molecule has 0 aromatic heterocycles. The molecular formula is C39H40ClNO5. The molecule has 0 spiro atoms. The lowest BCUT2D eigenvalue weighted by atomic mass is 9.63. The Hall–Kier alpha value is -4.16. The SMILES string of the molecule is CC1(C)CC(=O)C2=C(C1)N(CCc1ccccc1)C1=C(C(=O)CC(C)(C)C1)C2c1cc(Cl)ccc1OCc1ccc(C(=O)O)cc1. The van der Waals surface area contributed by atoms with Crippen molar-refractivity contribution >= 4 is 29.1 Å². The molecular weight excluding hydrogens is 598 g/mol. The van der Waals surface area contributed by atoms with Crippen LogP contribution in [0.5, 0.6) is 5.75 Å². The van der Waals surface area contributed by atoms with Crippen molar-refractivity contribution in [3.05, 3.63) is 123 Å². The van der Waals surface area contributed by atoms with E-state index in [2.05, 4.69) is 44.7 Å². The highest BCUT2D eigenvalue weighted by Crippen LogP contribution is 2.55. The third-order valence-electron chi connectivity index (χ3n) is 9.37. The van der Waals surface area contributed by atoms with Gasteiger partial charge in [-0.15, -0.1) is 0 Å². The second kappa shape index (κ2) is 12.2. The topological polar surface area (TPSA) is 83.9 Å². The van der Waals surface area contributed by atoms with E-state index in [0.29, 0.717) is 46.9 Å². The number of benzene rings is 3. The van der Waals surface area contributed by atoms with E-state index in [9.17, 15) is 19.5 Å². The van der Waals surface area contributed by atoms with E-state index in [1.165, 1.54) is 5.56 Å². The van der Waals surface area contributed by atoms with Gasteiger partial charge in [0, 0.05) is 58.4 Å². The van der Waals surface area contributed by atoms with Crippen LogP contribution < -0.4 is 4.74 Å². The molecule has 0 saturated carbocycles. The maximum absolute atomic E-state index is 14.3. The van der Waals surface area contributed by atoms with Crippen LogP contribution in [0.25, 0.3) is 0 Å². The monoisotopic (exact) mass is 637 g/mol. The van der Waals surface area contributed by atoms with Crippen molar-refractivity contribution < 1.29 is 24.2 Å². The number of carboxylic acid groups (broad SMARTS) is 1. The van der Waals surface area contributed by atoms with Gasteiger partial charge in [0.1, 0.15) is 12.4 Å². The number of nitrogens with zero attached hydrogens (tertiary/aromatic N) is 1. The Balaban J connectivity index is 1.48. The molecule has 1 N–H and O–H groups in total. The lowest BCUT2D eigenvalue weighted by Gasteiger charge is -2.49. The minimum Gasteiger partial charge on any atom is -0.489 e. The normalized spacial score (nSPS) is 19.2. The molecule has 7 heteroatoms. The number of allylic oxidation sites excluding steroid dienone is 4. The standard InChI is InChI=1S/C39H40ClNO5/c1-38(2)19-29-35(31(42)21-38)34(28-18-27(40)14-15-33(28)46-23-25-10-12-26(13-11-25)37(44)45)36-30(20-39(3,4)22-32(36)43)41(29)17-16-24-8-6-5-7-9-24/h5-15,18,34H,16-17,19-23H2,1-4H3,(H,44,45). The molecule has 46 heavy (non-hydrogen) atoms. The van der Waals surface area contributed by atoms with Crippen molar-refractivity contribution in [2.75, 3.05) is 6.54 Å². The highest BCUT2D eigenvalue weighted by atomic mass is 35.5. The van der Waals surface area contributed by atoms with E-state index in [0.717, 1.165) is 36.2 Å². The number of carbonyl (C=O) groups is 3. The van der Waals surface area contributed by atoms with Gasteiger partial charge in [0.15, 0.2) is 11.6 Å². The smallest absolute Gasteiger partial charge is 0.335 e. The molecule has 0 saturated heterocycles. The first-order chi connectivity index (χ1) is 21.8. The minimum absolute atomic E-state index is 0.0559. The zero-order valence-electron chi connectivity index (χ0n) is 26.9. The molecule has 1 heterocycles. The molecule has 0 unspecified atom stereocenters. The summed E-state index contributed by atoms with van der Waals surface area (Å²) in [6.45, 7) is 9.42. The molecule has 6 nitrogen and oxygen atoms in total. The second-order valence-corrected chi connectivity index (χ2v) is 14.8. The highest BCUT2D eigenvalue weighted by Gasteiger charge is 2.49. The highest BCUT2D eigenvalue weighted by molar-refractivity contribution is 6.30. The van der Waals surface area contributed by atoms with Gasteiger partial charge in [-0.25, -0.2) is 4.79 Å². The van der Waals surface area contributed by atoms with E-state index in [-0.39, 0.29) is 34.6 Å². The first-order valence-corrected chi connectivity index (χ1v) is 16.3. The average Bonchev–Trinajstić information content (AvgIpc) is 2.98. The molecule has 0 radical (unpaired) electrons. The lowest BCUT2D eigenvalue weighted by molar-refractivity contribution is -0.119. The van der Waals surface area contributed by atoms with Crippen LogP contribution >= 0.6 is 11.6 Å². The van der Waals surface area contributed by atoms with E-state index in [1.807, 2.05) is 24.3 Å². The van der Waals surface area contributed by atoms with Gasteiger partial charge in [-0.05, 0) is 71.6 Å². The van der Waals surface area contributed by atoms with Crippen LogP contribution in [-0.4, -0.2) is 34.1 Å². The van der Waals surface area contributed by atoms with Gasteiger partial charge in [-0.2, -0.15) is 0 Å². The summed E-state index contributed by atoms with van der Waals surface area (Å²) in [6.07, 6.45) is 3.01. The van der Waals surface area contributed by atoms with Gasteiger partial charge < -0.3 is 14.7 Å². The predicted molar refractivity (Wildman–Crippen MR) is 179 cm³/mol. The predicted octanol–water partition coefficient (Wildman–Crippen LogP) is 8.55. The molecule has 3 aliphatic rings. The minimum atomic E-state index is -0.989. The number of rotatable bonds is 8. The number of carboxylic acids is 1. The quantitative estimate of drug-likeness (QED) is 0.266. The molecule has 6 rings (SSSR count). The van der Waals surface area contributed by atoms with Crippen molar-refractivity contribution in [1.29, 1.82) is 0 Å². The maximum Gasteiger partial charge on any atom is 0.335 e. The number of aromatic carboxylic acids is 1. The van der Waals surface area contributed by atoms with Gasteiger partial charge in [-0.3, -0.25) is 9.59 Å². The zero-order chi connectivity index (χ0) is 32.8. The van der Waals surface area contributed by atoms with Crippen LogP contribution in [0.4, 0.5) is 0 Å². The lowest BCUT2D eigenvalue weighted by Crippen LogP contribution is -2.45. The summed E-state index contributed by atoms with van der Waals surface area (Å²) in [6, 6.07) is 22.3. The largest absolute Gasteiger partial charge is 0.489 e. The Morgan fingerprint density at radius 1 is 0.826 bits per heavy atom. The Morgan fingerprint density at radius 2 is 1.41 bits per heavy atom. The number of ketones is 2. The number of Topliss-reactive ketones (excluding diaryl/α,β-unsaturated/α-hetero) is 2. The molecule has 3 aromatic carbocycles. The summed E-state index contributed by atoms with van der Waals surface area (Å²) in [5.41, 5.74) is 5.81. The van der Waals surface area contributed by atoms with Crippen molar-refractivity contribution in [3.63, 3.8) is 0 Å². The van der Waals surface area contributed by atoms with Crippen LogP contribution in [0.1, 0.15) is 86.3 Å². The Morgan fingerprint density at radius 3 is 1.98 bits per heavy atom.